The molecule has 2 aromatic heterocycles. The number of para-hydroxylation sites is 1. The number of hydrogen-bond donors (Lipinski definition) is 2. The number of pyridine rings is 1. The summed E-state index contributed by atoms with van der Waals surface area (Å²) in [5.74, 6) is 2.09. The van der Waals surface area contributed by atoms with Crippen LogP contribution in [0.4, 0.5) is 5.82 Å². The van der Waals surface area contributed by atoms with Crippen molar-refractivity contribution in [3.8, 4) is 17.1 Å². The van der Waals surface area contributed by atoms with Crippen LogP contribution in [-0.2, 0) is 13.2 Å². The van der Waals surface area contributed by atoms with Gasteiger partial charge in [-0.25, -0.2) is 9.97 Å². The first-order valence-corrected chi connectivity index (χ1v) is 10.1. The molecule has 4 rings (SSSR count). The third-order valence-electron chi connectivity index (χ3n) is 5.10. The largest absolute Gasteiger partial charge is 0.489 e. The predicted octanol–water partition coefficient (Wildman–Crippen LogP) is 4.64. The Morgan fingerprint density at radius 1 is 0.968 bits per heavy atom. The highest BCUT2D eigenvalue weighted by molar-refractivity contribution is 5.56. The summed E-state index contributed by atoms with van der Waals surface area (Å²) in [7, 11) is 0. The summed E-state index contributed by atoms with van der Waals surface area (Å²) in [5, 5.41) is 3.33. The first-order valence-electron chi connectivity index (χ1n) is 10.1. The fourth-order valence-corrected chi connectivity index (χ4v) is 3.13. The van der Waals surface area contributed by atoms with Gasteiger partial charge in [-0.2, -0.15) is 0 Å². The van der Waals surface area contributed by atoms with E-state index in [-0.39, 0.29) is 5.56 Å². The first kappa shape index (κ1) is 20.3. The average Bonchev–Trinajstić information content (AvgIpc) is 2.81. The molecular formula is C25H24N4O2. The molecule has 31 heavy (non-hydrogen) atoms. The Kier molecular flexibility index (Phi) is 6.08. The highest BCUT2D eigenvalue weighted by Crippen LogP contribution is 2.21. The second-order valence-electron chi connectivity index (χ2n) is 7.29. The van der Waals surface area contributed by atoms with Gasteiger partial charge in [0, 0.05) is 35.1 Å². The van der Waals surface area contributed by atoms with E-state index in [4.69, 9.17) is 4.74 Å². The second kappa shape index (κ2) is 9.26. The van der Waals surface area contributed by atoms with Crippen LogP contribution in [0.25, 0.3) is 11.4 Å². The van der Waals surface area contributed by atoms with E-state index in [1.165, 1.54) is 0 Å². The molecule has 0 aliphatic rings. The minimum Gasteiger partial charge on any atom is -0.489 e. The first-order chi connectivity index (χ1) is 15.1. The van der Waals surface area contributed by atoms with Crippen LogP contribution < -0.4 is 15.6 Å². The Morgan fingerprint density at radius 3 is 2.48 bits per heavy atom. The number of ether oxygens (including phenoxy) is 1. The molecule has 0 unspecified atom stereocenters. The lowest BCUT2D eigenvalue weighted by Crippen LogP contribution is -2.14. The number of rotatable bonds is 7. The lowest BCUT2D eigenvalue weighted by Gasteiger charge is -2.13. The third-order valence-corrected chi connectivity index (χ3v) is 5.10. The molecule has 6 heteroatoms. The topological polar surface area (TPSA) is 79.9 Å². The van der Waals surface area contributed by atoms with Crippen LogP contribution >= 0.6 is 0 Å². The van der Waals surface area contributed by atoms with Crippen LogP contribution in [0.3, 0.4) is 0 Å². The number of nitrogens with zero attached hydrogens (tertiary/aromatic N) is 2. The molecule has 2 N–H and O–H groups in total. The van der Waals surface area contributed by atoms with Crippen molar-refractivity contribution in [3.63, 3.8) is 0 Å². The van der Waals surface area contributed by atoms with Crippen LogP contribution in [0.15, 0.2) is 77.7 Å². The predicted molar refractivity (Wildman–Crippen MR) is 122 cm³/mol. The number of aromatic nitrogens is 3. The van der Waals surface area contributed by atoms with Crippen LogP contribution in [0, 0.1) is 13.8 Å². The van der Waals surface area contributed by atoms with Gasteiger partial charge in [0.1, 0.15) is 24.0 Å². The third kappa shape index (κ3) is 4.98. The summed E-state index contributed by atoms with van der Waals surface area (Å²) in [6, 6.07) is 21.8. The summed E-state index contributed by atoms with van der Waals surface area (Å²) in [5.41, 5.74) is 4.15. The van der Waals surface area contributed by atoms with E-state index < -0.39 is 0 Å². The van der Waals surface area contributed by atoms with Gasteiger partial charge < -0.3 is 15.0 Å². The molecule has 6 nitrogen and oxygen atoms in total. The van der Waals surface area contributed by atoms with Gasteiger partial charge in [-0.1, -0.05) is 48.5 Å². The van der Waals surface area contributed by atoms with Gasteiger partial charge in [-0.05, 0) is 37.6 Å². The van der Waals surface area contributed by atoms with Gasteiger partial charge in [-0.3, -0.25) is 4.79 Å². The molecule has 0 bridgehead atoms. The standard InChI is InChI=1S/C25H24N4O2/c1-17-18(2)28-24(29-25(17)30)21-12-13-23(27-15-21)26-14-20-10-6-7-11-22(20)31-16-19-8-4-3-5-9-19/h3-13,15H,14,16H2,1-2H3,(H,26,27)(H,28,29,30). The number of benzene rings is 2. The van der Waals surface area contributed by atoms with Crippen molar-refractivity contribution >= 4 is 5.82 Å². The summed E-state index contributed by atoms with van der Waals surface area (Å²) in [6.45, 7) is 4.69. The zero-order valence-corrected chi connectivity index (χ0v) is 17.6. The van der Waals surface area contributed by atoms with Gasteiger partial charge >= 0.3 is 0 Å². The number of hydrogen-bond acceptors (Lipinski definition) is 5. The smallest absolute Gasteiger partial charge is 0.254 e. The molecule has 156 valence electrons. The number of H-pyrrole nitrogens is 1. The van der Waals surface area contributed by atoms with Gasteiger partial charge in [-0.15, -0.1) is 0 Å². The number of anilines is 1. The molecule has 0 saturated heterocycles. The molecular weight excluding hydrogens is 388 g/mol. The molecule has 0 fully saturated rings. The van der Waals surface area contributed by atoms with E-state index in [2.05, 4.69) is 20.3 Å². The molecule has 0 aliphatic carbocycles. The molecule has 0 atom stereocenters. The molecule has 0 aliphatic heterocycles. The fourth-order valence-electron chi connectivity index (χ4n) is 3.13. The normalized spacial score (nSPS) is 10.6. The highest BCUT2D eigenvalue weighted by atomic mass is 16.5. The summed E-state index contributed by atoms with van der Waals surface area (Å²) < 4.78 is 6.02. The lowest BCUT2D eigenvalue weighted by atomic mass is 10.2. The van der Waals surface area contributed by atoms with E-state index in [0.717, 1.165) is 28.3 Å². The second-order valence-corrected chi connectivity index (χ2v) is 7.29. The van der Waals surface area contributed by atoms with E-state index in [9.17, 15) is 4.79 Å². The van der Waals surface area contributed by atoms with Crippen LogP contribution in [0.5, 0.6) is 5.75 Å². The molecule has 0 amide bonds. The zero-order chi connectivity index (χ0) is 21.6. The highest BCUT2D eigenvalue weighted by Gasteiger charge is 2.08. The molecule has 2 aromatic carbocycles. The van der Waals surface area contributed by atoms with Crippen molar-refractivity contribution in [3.05, 3.63) is 106 Å². The van der Waals surface area contributed by atoms with Crippen molar-refractivity contribution < 1.29 is 4.74 Å². The van der Waals surface area contributed by atoms with E-state index >= 15 is 0 Å². The van der Waals surface area contributed by atoms with E-state index in [1.54, 1.807) is 13.1 Å². The Balaban J connectivity index is 1.42. The minimum absolute atomic E-state index is 0.128. The zero-order valence-electron chi connectivity index (χ0n) is 17.6. The molecule has 0 saturated carbocycles. The molecule has 0 spiro atoms. The average molecular weight is 412 g/mol. The maximum absolute atomic E-state index is 12.0. The van der Waals surface area contributed by atoms with Crippen molar-refractivity contribution in [1.82, 2.24) is 15.0 Å². The summed E-state index contributed by atoms with van der Waals surface area (Å²) in [4.78, 5) is 23.7. The Hall–Kier alpha value is -3.93. The van der Waals surface area contributed by atoms with Crippen molar-refractivity contribution in [2.24, 2.45) is 0 Å². The van der Waals surface area contributed by atoms with Crippen LogP contribution in [0.1, 0.15) is 22.4 Å². The minimum atomic E-state index is -0.128. The maximum atomic E-state index is 12.0. The van der Waals surface area contributed by atoms with Crippen LogP contribution in [0.2, 0.25) is 0 Å². The van der Waals surface area contributed by atoms with Crippen molar-refractivity contribution in [1.29, 1.82) is 0 Å². The van der Waals surface area contributed by atoms with Gasteiger partial charge in [0.15, 0.2) is 0 Å². The fraction of sp³-hybridized carbons (Fsp3) is 0.160. The monoisotopic (exact) mass is 412 g/mol. The lowest BCUT2D eigenvalue weighted by molar-refractivity contribution is 0.303. The van der Waals surface area contributed by atoms with Crippen molar-refractivity contribution in [2.75, 3.05) is 5.32 Å². The van der Waals surface area contributed by atoms with Gasteiger partial charge in [0.2, 0.25) is 0 Å². The molecule has 0 radical (unpaired) electrons. The number of aromatic amines is 1. The number of nitrogens with one attached hydrogen (secondary N) is 2. The summed E-state index contributed by atoms with van der Waals surface area (Å²) >= 11 is 0. The van der Waals surface area contributed by atoms with Gasteiger partial charge in [0.05, 0.1) is 0 Å². The van der Waals surface area contributed by atoms with Gasteiger partial charge in [0.25, 0.3) is 5.56 Å². The Morgan fingerprint density at radius 2 is 1.74 bits per heavy atom. The SMILES string of the molecule is Cc1nc(-c2ccc(NCc3ccccc3OCc3ccccc3)nc2)[nH]c(=O)c1C. The maximum Gasteiger partial charge on any atom is 0.254 e. The van der Waals surface area contributed by atoms with Crippen molar-refractivity contribution in [2.45, 2.75) is 27.0 Å². The van der Waals surface area contributed by atoms with Crippen LogP contribution in [-0.4, -0.2) is 15.0 Å². The van der Waals surface area contributed by atoms with E-state index in [0.29, 0.717) is 30.2 Å². The molecule has 2 heterocycles. The Labute approximate surface area is 181 Å². The number of aryl methyl sites for hydroxylation is 1. The van der Waals surface area contributed by atoms with E-state index in [1.807, 2.05) is 73.7 Å². The summed E-state index contributed by atoms with van der Waals surface area (Å²) in [6.07, 6.45) is 1.70. The Bertz CT molecular complexity index is 1220. The molecule has 4 aromatic rings. The quantitative estimate of drug-likeness (QED) is 0.462.